The van der Waals surface area contributed by atoms with Crippen LogP contribution in [-0.4, -0.2) is 40.0 Å². The smallest absolute Gasteiger partial charge is 0.308 e. The maximum Gasteiger partial charge on any atom is 0.308 e. The molecule has 1 fully saturated rings. The van der Waals surface area contributed by atoms with Gasteiger partial charge in [-0.3, -0.25) is 9.59 Å². The molecule has 1 saturated heterocycles. The summed E-state index contributed by atoms with van der Waals surface area (Å²) < 4.78 is 0. The van der Waals surface area contributed by atoms with E-state index >= 15 is 0 Å². The van der Waals surface area contributed by atoms with E-state index in [0.717, 1.165) is 24.3 Å². The van der Waals surface area contributed by atoms with Crippen molar-refractivity contribution in [3.05, 3.63) is 16.1 Å². The third kappa shape index (κ3) is 3.32. The Hall–Kier alpha value is -1.43. The van der Waals surface area contributed by atoms with Gasteiger partial charge < -0.3 is 10.0 Å². The van der Waals surface area contributed by atoms with Crippen molar-refractivity contribution in [2.75, 3.05) is 13.1 Å². The number of hydrogen-bond donors (Lipinski definition) is 1. The molecule has 1 atom stereocenters. The molecule has 0 radical (unpaired) electrons. The number of nitrogens with zero attached hydrogens (tertiary/aromatic N) is 2. The molecule has 1 aromatic rings. The Morgan fingerprint density at radius 3 is 3.05 bits per heavy atom. The van der Waals surface area contributed by atoms with Crippen LogP contribution in [0.25, 0.3) is 0 Å². The molecular formula is C13H18N2O3S. The Labute approximate surface area is 116 Å². The van der Waals surface area contributed by atoms with Crippen LogP contribution in [0.15, 0.2) is 6.20 Å². The number of carboxylic acid groups (broad SMARTS) is 1. The predicted molar refractivity (Wildman–Crippen MR) is 72.4 cm³/mol. The Morgan fingerprint density at radius 1 is 1.58 bits per heavy atom. The standard InChI is InChI=1S/C13H18N2O3S/c1-2-4-11-14-7-10(19-11)12(16)15-6-3-5-9(8-15)13(17)18/h7,9H,2-6,8H2,1H3,(H,17,18)/t9-/m0/s1. The quantitative estimate of drug-likeness (QED) is 0.917. The van der Waals surface area contributed by atoms with Crippen molar-refractivity contribution in [2.24, 2.45) is 5.92 Å². The van der Waals surface area contributed by atoms with E-state index in [1.54, 1.807) is 11.1 Å². The minimum Gasteiger partial charge on any atom is -0.481 e. The molecule has 0 spiro atoms. The molecule has 1 amide bonds. The van der Waals surface area contributed by atoms with Crippen LogP contribution in [0, 0.1) is 5.92 Å². The van der Waals surface area contributed by atoms with Gasteiger partial charge in [-0.1, -0.05) is 6.92 Å². The van der Waals surface area contributed by atoms with Crippen LogP contribution >= 0.6 is 11.3 Å². The van der Waals surface area contributed by atoms with Gasteiger partial charge in [0.2, 0.25) is 0 Å². The van der Waals surface area contributed by atoms with Crippen LogP contribution in [0.4, 0.5) is 0 Å². The first kappa shape index (κ1) is 14.0. The monoisotopic (exact) mass is 282 g/mol. The Bertz CT molecular complexity index is 472. The van der Waals surface area contributed by atoms with E-state index in [1.165, 1.54) is 11.3 Å². The minimum absolute atomic E-state index is 0.0780. The number of aromatic nitrogens is 1. The van der Waals surface area contributed by atoms with E-state index in [1.807, 2.05) is 0 Å². The van der Waals surface area contributed by atoms with Crippen LogP contribution in [0.3, 0.4) is 0 Å². The lowest BCUT2D eigenvalue weighted by Crippen LogP contribution is -2.42. The summed E-state index contributed by atoms with van der Waals surface area (Å²) in [6, 6.07) is 0. The molecule has 1 N–H and O–H groups in total. The summed E-state index contributed by atoms with van der Waals surface area (Å²) in [5, 5.41) is 10.0. The Morgan fingerprint density at radius 2 is 2.37 bits per heavy atom. The van der Waals surface area contributed by atoms with Crippen LogP contribution in [0.1, 0.15) is 40.9 Å². The highest BCUT2D eigenvalue weighted by Crippen LogP contribution is 2.22. The molecule has 1 aliphatic rings. The summed E-state index contributed by atoms with van der Waals surface area (Å²) in [6.45, 7) is 3.03. The maximum atomic E-state index is 12.3. The topological polar surface area (TPSA) is 70.5 Å². The highest BCUT2D eigenvalue weighted by Gasteiger charge is 2.29. The van der Waals surface area contributed by atoms with Gasteiger partial charge >= 0.3 is 5.97 Å². The van der Waals surface area contributed by atoms with E-state index in [2.05, 4.69) is 11.9 Å². The molecule has 0 bridgehead atoms. The van der Waals surface area contributed by atoms with Crippen LogP contribution in [-0.2, 0) is 11.2 Å². The van der Waals surface area contributed by atoms with Gasteiger partial charge in [0.1, 0.15) is 4.88 Å². The number of carboxylic acids is 1. The molecule has 2 rings (SSSR count). The van der Waals surface area contributed by atoms with Crippen molar-refractivity contribution in [2.45, 2.75) is 32.6 Å². The molecule has 0 unspecified atom stereocenters. The molecule has 1 aliphatic heterocycles. The molecule has 0 aromatic carbocycles. The Kier molecular flexibility index (Phi) is 4.52. The lowest BCUT2D eigenvalue weighted by molar-refractivity contribution is -0.143. The molecule has 0 saturated carbocycles. The summed E-state index contributed by atoms with van der Waals surface area (Å²) in [4.78, 5) is 29.8. The number of thiazole rings is 1. The number of hydrogen-bond acceptors (Lipinski definition) is 4. The van der Waals surface area contributed by atoms with E-state index in [-0.39, 0.29) is 5.91 Å². The number of rotatable bonds is 4. The normalized spacial score (nSPS) is 19.4. The second kappa shape index (κ2) is 6.14. The van der Waals surface area contributed by atoms with Crippen LogP contribution in [0.2, 0.25) is 0 Å². The minimum atomic E-state index is -0.812. The fourth-order valence-electron chi connectivity index (χ4n) is 2.26. The zero-order chi connectivity index (χ0) is 13.8. The van der Waals surface area contributed by atoms with Gasteiger partial charge in [-0.15, -0.1) is 11.3 Å². The molecular weight excluding hydrogens is 264 g/mol. The number of carbonyl (C=O) groups is 2. The third-order valence-electron chi connectivity index (χ3n) is 3.29. The van der Waals surface area contributed by atoms with Gasteiger partial charge in [-0.2, -0.15) is 0 Å². The lowest BCUT2D eigenvalue weighted by Gasteiger charge is -2.30. The second-order valence-corrected chi connectivity index (χ2v) is 5.91. The summed E-state index contributed by atoms with van der Waals surface area (Å²) in [7, 11) is 0. The predicted octanol–water partition coefficient (Wildman–Crippen LogP) is 2.03. The first-order valence-corrected chi connectivity index (χ1v) is 7.40. The van der Waals surface area contributed by atoms with Crippen molar-refractivity contribution in [3.63, 3.8) is 0 Å². The van der Waals surface area contributed by atoms with Crippen molar-refractivity contribution in [3.8, 4) is 0 Å². The fraction of sp³-hybridized carbons (Fsp3) is 0.615. The zero-order valence-corrected chi connectivity index (χ0v) is 11.8. The first-order chi connectivity index (χ1) is 9.11. The first-order valence-electron chi connectivity index (χ1n) is 6.58. The maximum absolute atomic E-state index is 12.3. The van der Waals surface area contributed by atoms with Gasteiger partial charge in [-0.05, 0) is 25.7 Å². The number of amides is 1. The highest BCUT2D eigenvalue weighted by molar-refractivity contribution is 7.13. The van der Waals surface area contributed by atoms with Gasteiger partial charge in [0.25, 0.3) is 5.91 Å². The number of aryl methyl sites for hydroxylation is 1. The third-order valence-corrected chi connectivity index (χ3v) is 4.33. The van der Waals surface area contributed by atoms with E-state index in [4.69, 9.17) is 5.11 Å². The molecule has 0 aliphatic carbocycles. The summed E-state index contributed by atoms with van der Waals surface area (Å²) in [6.07, 6.45) is 4.91. The number of piperidine rings is 1. The van der Waals surface area contributed by atoms with Crippen LogP contribution < -0.4 is 0 Å². The fourth-order valence-corrected chi connectivity index (χ4v) is 3.24. The highest BCUT2D eigenvalue weighted by atomic mass is 32.1. The average Bonchev–Trinajstić information content (AvgIpc) is 2.87. The van der Waals surface area contributed by atoms with Crippen molar-refractivity contribution in [1.29, 1.82) is 0 Å². The summed E-state index contributed by atoms with van der Waals surface area (Å²) in [5.74, 6) is -1.32. The number of likely N-dealkylation sites (tertiary alicyclic amines) is 1. The van der Waals surface area contributed by atoms with E-state index in [9.17, 15) is 9.59 Å². The van der Waals surface area contributed by atoms with E-state index < -0.39 is 11.9 Å². The average molecular weight is 282 g/mol. The van der Waals surface area contributed by atoms with Gasteiger partial charge in [0, 0.05) is 13.1 Å². The Balaban J connectivity index is 2.03. The molecule has 2 heterocycles. The van der Waals surface area contributed by atoms with Crippen molar-refractivity contribution in [1.82, 2.24) is 9.88 Å². The molecule has 1 aromatic heterocycles. The summed E-state index contributed by atoms with van der Waals surface area (Å²) in [5.41, 5.74) is 0. The van der Waals surface area contributed by atoms with Gasteiger partial charge in [0.05, 0.1) is 17.1 Å². The van der Waals surface area contributed by atoms with Crippen molar-refractivity contribution >= 4 is 23.2 Å². The van der Waals surface area contributed by atoms with E-state index in [0.29, 0.717) is 24.4 Å². The largest absolute Gasteiger partial charge is 0.481 e. The van der Waals surface area contributed by atoms with Gasteiger partial charge in [0.15, 0.2) is 0 Å². The molecule has 6 heteroatoms. The second-order valence-electron chi connectivity index (χ2n) is 4.80. The lowest BCUT2D eigenvalue weighted by atomic mass is 9.98. The molecule has 19 heavy (non-hydrogen) atoms. The zero-order valence-electron chi connectivity index (χ0n) is 11.0. The summed E-state index contributed by atoms with van der Waals surface area (Å²) >= 11 is 1.42. The number of carbonyl (C=O) groups excluding carboxylic acids is 1. The SMILES string of the molecule is CCCc1ncc(C(=O)N2CCC[C@H](C(=O)O)C2)s1. The van der Waals surface area contributed by atoms with Crippen LogP contribution in [0.5, 0.6) is 0 Å². The van der Waals surface area contributed by atoms with Gasteiger partial charge in [-0.25, -0.2) is 4.98 Å². The molecule has 104 valence electrons. The molecule has 5 nitrogen and oxygen atoms in total. The number of aliphatic carboxylic acids is 1. The van der Waals surface area contributed by atoms with Crippen molar-refractivity contribution < 1.29 is 14.7 Å².